The number of hydrogen-bond acceptors (Lipinski definition) is 0. The Bertz CT molecular complexity index is 219. The van der Waals surface area contributed by atoms with E-state index in [0.29, 0.717) is 0 Å². The molecule has 98 valence electrons. The first-order chi connectivity index (χ1) is 6.98. The summed E-state index contributed by atoms with van der Waals surface area (Å²) in [5.74, 6) is -7.87. The molecule has 0 aliphatic rings. The summed E-state index contributed by atoms with van der Waals surface area (Å²) in [5.41, 5.74) is -1.67. The Morgan fingerprint density at radius 3 is 1.75 bits per heavy atom. The van der Waals surface area contributed by atoms with Gasteiger partial charge >= 0.3 is 11.8 Å². The molecule has 0 saturated carbocycles. The van der Waals surface area contributed by atoms with Crippen LogP contribution in [-0.4, -0.2) is 11.8 Å². The molecule has 0 fully saturated rings. The first-order valence-corrected chi connectivity index (χ1v) is 5.73. The Labute approximate surface area is 95.4 Å². The molecule has 4 heteroatoms. The Morgan fingerprint density at radius 2 is 1.44 bits per heavy atom. The third-order valence-electron chi connectivity index (χ3n) is 3.23. The van der Waals surface area contributed by atoms with E-state index < -0.39 is 23.7 Å². The van der Waals surface area contributed by atoms with E-state index in [2.05, 4.69) is 0 Å². The smallest absolute Gasteiger partial charge is 0.200 e. The molecule has 16 heavy (non-hydrogen) atoms. The summed E-state index contributed by atoms with van der Waals surface area (Å²) in [6, 6.07) is 0. The highest BCUT2D eigenvalue weighted by Gasteiger charge is 2.63. The predicted molar refractivity (Wildman–Crippen MR) is 58.0 cm³/mol. The predicted octanol–water partition coefficient (Wildman–Crippen LogP) is 5.13. The van der Waals surface area contributed by atoms with E-state index in [1.54, 1.807) is 13.8 Å². The molecule has 0 heterocycles. The normalized spacial score (nSPS) is 14.6. The van der Waals surface area contributed by atoms with Crippen molar-refractivity contribution in [1.29, 1.82) is 0 Å². The highest BCUT2D eigenvalue weighted by atomic mass is 19.3. The van der Waals surface area contributed by atoms with Crippen LogP contribution in [0.1, 0.15) is 53.9 Å². The molecule has 0 aromatic heterocycles. The molecule has 0 aliphatic heterocycles. The van der Waals surface area contributed by atoms with E-state index in [1.807, 2.05) is 0 Å². The fraction of sp³-hybridized carbons (Fsp3) is 1.00. The van der Waals surface area contributed by atoms with Crippen molar-refractivity contribution in [1.82, 2.24) is 0 Å². The van der Waals surface area contributed by atoms with Gasteiger partial charge in [-0.2, -0.15) is 17.6 Å². The minimum atomic E-state index is -3.95. The monoisotopic (exact) mass is 242 g/mol. The molecule has 0 N–H and O–H groups in total. The van der Waals surface area contributed by atoms with Crippen molar-refractivity contribution in [3.63, 3.8) is 0 Å². The van der Waals surface area contributed by atoms with Crippen LogP contribution in [0, 0.1) is 11.3 Å². The van der Waals surface area contributed by atoms with Crippen LogP contribution < -0.4 is 0 Å². The van der Waals surface area contributed by atoms with Crippen LogP contribution in [0.15, 0.2) is 0 Å². The zero-order chi connectivity index (χ0) is 13.2. The topological polar surface area (TPSA) is 0 Å². The van der Waals surface area contributed by atoms with Crippen molar-refractivity contribution >= 4 is 0 Å². The van der Waals surface area contributed by atoms with Crippen LogP contribution >= 0.6 is 0 Å². The lowest BCUT2D eigenvalue weighted by Crippen LogP contribution is -2.51. The maximum absolute atomic E-state index is 13.7. The van der Waals surface area contributed by atoms with Crippen molar-refractivity contribution in [3.05, 3.63) is 0 Å². The molecule has 0 nitrogen and oxygen atoms in total. The third kappa shape index (κ3) is 3.11. The Morgan fingerprint density at radius 1 is 1.00 bits per heavy atom. The van der Waals surface area contributed by atoms with Gasteiger partial charge in [0.1, 0.15) is 0 Å². The molecule has 0 bridgehead atoms. The van der Waals surface area contributed by atoms with Crippen LogP contribution in [0.5, 0.6) is 0 Å². The van der Waals surface area contributed by atoms with Gasteiger partial charge in [-0.25, -0.2) is 0 Å². The standard InChI is InChI=1S/C12H22F4/c1-6-10(4,5)12(15,16)11(13,14)8-7-9(2)3/h9H,6-8H2,1-5H3. The van der Waals surface area contributed by atoms with Crippen LogP contribution in [0.25, 0.3) is 0 Å². The van der Waals surface area contributed by atoms with E-state index in [-0.39, 0.29) is 18.8 Å². The summed E-state index contributed by atoms with van der Waals surface area (Å²) in [6.07, 6.45) is -0.610. The second-order valence-electron chi connectivity index (χ2n) is 5.45. The van der Waals surface area contributed by atoms with Crippen LogP contribution in [-0.2, 0) is 0 Å². The summed E-state index contributed by atoms with van der Waals surface area (Å²) >= 11 is 0. The molecule has 0 spiro atoms. The highest BCUT2D eigenvalue weighted by molar-refractivity contribution is 4.95. The molecule has 0 amide bonds. The first-order valence-electron chi connectivity index (χ1n) is 5.73. The zero-order valence-electron chi connectivity index (χ0n) is 10.7. The lowest BCUT2D eigenvalue weighted by molar-refractivity contribution is -0.264. The van der Waals surface area contributed by atoms with Gasteiger partial charge < -0.3 is 0 Å². The minimum Gasteiger partial charge on any atom is -0.200 e. The van der Waals surface area contributed by atoms with Gasteiger partial charge in [0.2, 0.25) is 0 Å². The largest absolute Gasteiger partial charge is 0.315 e. The second kappa shape index (κ2) is 4.92. The molecule has 0 aromatic carbocycles. The van der Waals surface area contributed by atoms with Crippen molar-refractivity contribution < 1.29 is 17.6 Å². The van der Waals surface area contributed by atoms with Crippen molar-refractivity contribution in [2.24, 2.45) is 11.3 Å². The molecule has 0 aromatic rings. The van der Waals surface area contributed by atoms with Gasteiger partial charge in [-0.1, -0.05) is 34.6 Å². The zero-order valence-corrected chi connectivity index (χ0v) is 10.7. The fourth-order valence-corrected chi connectivity index (χ4v) is 1.34. The summed E-state index contributed by atoms with van der Waals surface area (Å²) in [6.45, 7) is 7.39. The molecule has 0 unspecified atom stereocenters. The number of rotatable bonds is 6. The summed E-state index contributed by atoms with van der Waals surface area (Å²) in [4.78, 5) is 0. The highest BCUT2D eigenvalue weighted by Crippen LogP contribution is 2.50. The van der Waals surface area contributed by atoms with Crippen molar-refractivity contribution in [3.8, 4) is 0 Å². The lowest BCUT2D eigenvalue weighted by atomic mass is 9.78. The van der Waals surface area contributed by atoms with Gasteiger partial charge in [-0.15, -0.1) is 0 Å². The van der Waals surface area contributed by atoms with Crippen LogP contribution in [0.4, 0.5) is 17.6 Å². The minimum absolute atomic E-state index is 0.00594. The average molecular weight is 242 g/mol. The van der Waals surface area contributed by atoms with E-state index in [9.17, 15) is 17.6 Å². The molecule has 0 rings (SSSR count). The van der Waals surface area contributed by atoms with E-state index in [0.717, 1.165) is 0 Å². The Hall–Kier alpha value is -0.280. The number of alkyl halides is 4. The van der Waals surface area contributed by atoms with Gasteiger partial charge in [0.05, 0.1) is 0 Å². The van der Waals surface area contributed by atoms with Gasteiger partial charge in [0.25, 0.3) is 0 Å². The van der Waals surface area contributed by atoms with Crippen LogP contribution in [0.3, 0.4) is 0 Å². The van der Waals surface area contributed by atoms with Gasteiger partial charge in [-0.05, 0) is 18.8 Å². The second-order valence-corrected chi connectivity index (χ2v) is 5.45. The van der Waals surface area contributed by atoms with E-state index >= 15 is 0 Å². The van der Waals surface area contributed by atoms with E-state index in [1.165, 1.54) is 20.8 Å². The van der Waals surface area contributed by atoms with Gasteiger partial charge in [0.15, 0.2) is 0 Å². The maximum atomic E-state index is 13.7. The summed E-state index contributed by atoms with van der Waals surface area (Å²) < 4.78 is 54.3. The third-order valence-corrected chi connectivity index (χ3v) is 3.23. The summed E-state index contributed by atoms with van der Waals surface area (Å²) in [5, 5.41) is 0. The Kier molecular flexibility index (Phi) is 4.84. The molecule has 0 radical (unpaired) electrons. The molecular formula is C12H22F4. The maximum Gasteiger partial charge on any atom is 0.315 e. The number of halogens is 4. The summed E-state index contributed by atoms with van der Waals surface area (Å²) in [7, 11) is 0. The van der Waals surface area contributed by atoms with Crippen molar-refractivity contribution in [2.45, 2.75) is 65.7 Å². The van der Waals surface area contributed by atoms with Gasteiger partial charge in [-0.3, -0.25) is 0 Å². The molecule has 0 atom stereocenters. The van der Waals surface area contributed by atoms with Crippen molar-refractivity contribution in [2.75, 3.05) is 0 Å². The fourth-order valence-electron chi connectivity index (χ4n) is 1.34. The Balaban J connectivity index is 4.83. The lowest BCUT2D eigenvalue weighted by Gasteiger charge is -2.38. The SMILES string of the molecule is CCC(C)(C)C(F)(F)C(F)(F)CCC(C)C. The van der Waals surface area contributed by atoms with Gasteiger partial charge in [0, 0.05) is 11.8 Å². The molecule has 0 saturated heterocycles. The first kappa shape index (κ1) is 15.7. The molecule has 0 aliphatic carbocycles. The molecular weight excluding hydrogens is 220 g/mol. The number of hydrogen-bond donors (Lipinski definition) is 0. The van der Waals surface area contributed by atoms with Crippen LogP contribution in [0.2, 0.25) is 0 Å². The average Bonchev–Trinajstić information content (AvgIpc) is 2.14. The quantitative estimate of drug-likeness (QED) is 0.566. The van der Waals surface area contributed by atoms with E-state index in [4.69, 9.17) is 0 Å².